The van der Waals surface area contributed by atoms with Crippen LogP contribution in [0.25, 0.3) is 10.2 Å². The van der Waals surface area contributed by atoms with Crippen LogP contribution in [0.1, 0.15) is 33.2 Å². The largest absolute Gasteiger partial charge is 0.478 e. The van der Waals surface area contributed by atoms with Crippen LogP contribution in [0.5, 0.6) is 0 Å². The number of urea groups is 1. The van der Waals surface area contributed by atoms with Crippen LogP contribution in [-0.2, 0) is 0 Å². The molecule has 0 bridgehead atoms. The summed E-state index contributed by atoms with van der Waals surface area (Å²) in [5.74, 6) is -1.23. The molecule has 0 radical (unpaired) electrons. The lowest BCUT2D eigenvalue weighted by atomic mass is 10.1. The number of hydrogen-bond donors (Lipinski definition) is 5. The Balaban J connectivity index is 1.64. The van der Waals surface area contributed by atoms with Crippen LogP contribution in [0.2, 0.25) is 0 Å². The van der Waals surface area contributed by atoms with Crippen molar-refractivity contribution in [1.29, 1.82) is 0 Å². The van der Waals surface area contributed by atoms with Crippen molar-refractivity contribution >= 4 is 61.8 Å². The van der Waals surface area contributed by atoms with Gasteiger partial charge < -0.3 is 15.7 Å². The smallest absolute Gasteiger partial charge is 0.335 e. The van der Waals surface area contributed by atoms with Gasteiger partial charge in [-0.05, 0) is 43.7 Å². The van der Waals surface area contributed by atoms with E-state index >= 15 is 0 Å². The highest BCUT2D eigenvalue weighted by Crippen LogP contribution is 2.31. The van der Waals surface area contributed by atoms with E-state index in [0.29, 0.717) is 33.1 Å². The molecule has 2 aromatic carbocycles. The number of hydrogen-bond acceptors (Lipinski definition) is 7. The van der Waals surface area contributed by atoms with E-state index in [-0.39, 0.29) is 16.9 Å². The summed E-state index contributed by atoms with van der Waals surface area (Å²) in [5, 5.41) is 20.8. The number of rotatable bonds is 7. The normalized spacial score (nSPS) is 10.6. The van der Waals surface area contributed by atoms with Crippen LogP contribution < -0.4 is 21.3 Å². The number of pyridine rings is 1. The number of fused-ring (bicyclic) bond motifs is 1. The second kappa shape index (κ2) is 10.2. The Labute approximate surface area is 204 Å². The third-order valence-corrected chi connectivity index (χ3v) is 5.85. The molecule has 2 aromatic heterocycles. The lowest BCUT2D eigenvalue weighted by Crippen LogP contribution is -2.28. The van der Waals surface area contributed by atoms with E-state index in [4.69, 9.17) is 0 Å². The zero-order chi connectivity index (χ0) is 24.9. The van der Waals surface area contributed by atoms with E-state index in [1.807, 2.05) is 30.3 Å². The summed E-state index contributed by atoms with van der Waals surface area (Å²) in [7, 11) is 0. The molecule has 0 fully saturated rings. The number of amides is 3. The monoisotopic (exact) mass is 490 g/mol. The predicted octanol–water partition coefficient (Wildman–Crippen LogP) is 4.84. The van der Waals surface area contributed by atoms with Crippen molar-refractivity contribution in [1.82, 2.24) is 15.3 Å². The maximum atomic E-state index is 13.2. The quantitative estimate of drug-likeness (QED) is 0.249. The Morgan fingerprint density at radius 2 is 1.83 bits per heavy atom. The van der Waals surface area contributed by atoms with E-state index in [1.165, 1.54) is 23.6 Å². The van der Waals surface area contributed by atoms with Crippen molar-refractivity contribution in [3.05, 3.63) is 71.4 Å². The van der Waals surface area contributed by atoms with Gasteiger partial charge in [0.2, 0.25) is 0 Å². The maximum absolute atomic E-state index is 13.2. The number of carbonyl (C=O) groups is 3. The summed E-state index contributed by atoms with van der Waals surface area (Å²) in [6.45, 7) is 4.03. The van der Waals surface area contributed by atoms with Gasteiger partial charge in [-0.3, -0.25) is 15.4 Å². The molecule has 35 heavy (non-hydrogen) atoms. The summed E-state index contributed by atoms with van der Waals surface area (Å²) in [5.41, 5.74) is 2.89. The number of carboxylic acids is 1. The van der Waals surface area contributed by atoms with Gasteiger partial charge in [-0.2, -0.15) is 0 Å². The highest BCUT2D eigenvalue weighted by Gasteiger charge is 2.18. The van der Waals surface area contributed by atoms with Gasteiger partial charge in [0, 0.05) is 24.5 Å². The molecular formula is C24H22N6O4S. The number of nitrogens with zero attached hydrogens (tertiary/aromatic N) is 2. The first-order valence-electron chi connectivity index (χ1n) is 10.7. The number of nitrogens with one attached hydrogen (secondary N) is 4. The van der Waals surface area contributed by atoms with Gasteiger partial charge in [-0.1, -0.05) is 29.5 Å². The van der Waals surface area contributed by atoms with Crippen LogP contribution in [0.4, 0.5) is 27.1 Å². The fourth-order valence-corrected chi connectivity index (χ4v) is 4.32. The molecule has 3 amide bonds. The van der Waals surface area contributed by atoms with Gasteiger partial charge in [0.15, 0.2) is 5.13 Å². The Hall–Kier alpha value is -4.51. The number of carboxylic acid groups (broad SMARTS) is 1. The minimum Gasteiger partial charge on any atom is -0.478 e. The first-order valence-corrected chi connectivity index (χ1v) is 11.5. The SMILES string of the molecule is CCNC(=O)Nc1cc(Nc2ccccc2)c(C(=O)Nc2nc3c(C)cc(C(=O)O)cc3s2)cn1. The van der Waals surface area contributed by atoms with E-state index in [1.54, 1.807) is 26.0 Å². The van der Waals surface area contributed by atoms with Gasteiger partial charge in [-0.25, -0.2) is 19.6 Å². The van der Waals surface area contributed by atoms with Crippen LogP contribution in [-0.4, -0.2) is 39.5 Å². The highest BCUT2D eigenvalue weighted by molar-refractivity contribution is 7.22. The van der Waals surface area contributed by atoms with Crippen LogP contribution in [0, 0.1) is 6.92 Å². The topological polar surface area (TPSA) is 145 Å². The first kappa shape index (κ1) is 23.6. The zero-order valence-corrected chi connectivity index (χ0v) is 19.7. The third kappa shape index (κ3) is 5.53. The van der Waals surface area contributed by atoms with Crippen molar-refractivity contribution in [3.8, 4) is 0 Å². The summed E-state index contributed by atoms with van der Waals surface area (Å²) in [6.07, 6.45) is 1.36. The Bertz CT molecular complexity index is 1420. The molecule has 0 spiro atoms. The number of anilines is 4. The van der Waals surface area contributed by atoms with Crippen molar-refractivity contribution in [3.63, 3.8) is 0 Å². The Kier molecular flexibility index (Phi) is 6.88. The van der Waals surface area contributed by atoms with Gasteiger partial charge >= 0.3 is 12.0 Å². The van der Waals surface area contributed by atoms with E-state index in [0.717, 1.165) is 5.69 Å². The van der Waals surface area contributed by atoms with Crippen LogP contribution >= 0.6 is 11.3 Å². The number of thiazole rings is 1. The first-order chi connectivity index (χ1) is 16.8. The van der Waals surface area contributed by atoms with E-state index < -0.39 is 17.9 Å². The zero-order valence-electron chi connectivity index (χ0n) is 18.9. The van der Waals surface area contributed by atoms with E-state index in [2.05, 4.69) is 31.2 Å². The average molecular weight is 491 g/mol. The summed E-state index contributed by atoms with van der Waals surface area (Å²) < 4.78 is 0.653. The molecule has 4 rings (SSSR count). The average Bonchev–Trinajstić information content (AvgIpc) is 3.23. The van der Waals surface area contributed by atoms with Crippen molar-refractivity contribution in [2.45, 2.75) is 13.8 Å². The predicted molar refractivity (Wildman–Crippen MR) is 136 cm³/mol. The molecule has 0 atom stereocenters. The molecule has 0 saturated heterocycles. The minimum atomic E-state index is -1.03. The third-order valence-electron chi connectivity index (χ3n) is 4.93. The number of para-hydroxylation sites is 1. The van der Waals surface area contributed by atoms with Gasteiger partial charge in [0.25, 0.3) is 5.91 Å². The van der Waals surface area contributed by atoms with Crippen LogP contribution in [0.3, 0.4) is 0 Å². The molecule has 0 aliphatic heterocycles. The number of aromatic carboxylic acids is 1. The van der Waals surface area contributed by atoms with Gasteiger partial charge in [0.1, 0.15) is 5.82 Å². The molecule has 11 heteroatoms. The highest BCUT2D eigenvalue weighted by atomic mass is 32.1. The summed E-state index contributed by atoms with van der Waals surface area (Å²) >= 11 is 1.18. The van der Waals surface area contributed by atoms with Gasteiger partial charge in [0.05, 0.1) is 27.0 Å². The fraction of sp³-hybridized carbons (Fsp3) is 0.125. The lowest BCUT2D eigenvalue weighted by Gasteiger charge is -2.13. The standard InChI is InChI=1S/C24H22N6O4S/c1-3-25-23(34)28-19-11-17(27-15-7-5-4-6-8-15)16(12-26-19)21(31)30-24-29-20-13(2)9-14(22(32)33)10-18(20)35-24/h4-12H,3H2,1-2H3,(H,32,33)(H,29,30,31)(H3,25,26,27,28,34). The molecule has 5 N–H and O–H groups in total. The van der Waals surface area contributed by atoms with E-state index in [9.17, 15) is 19.5 Å². The fourth-order valence-electron chi connectivity index (χ4n) is 3.34. The molecule has 10 nitrogen and oxygen atoms in total. The molecule has 0 aliphatic rings. The van der Waals surface area contributed by atoms with Crippen LogP contribution in [0.15, 0.2) is 54.7 Å². The molecule has 0 unspecified atom stereocenters. The second-order valence-corrected chi connectivity index (χ2v) is 8.54. The molecule has 0 saturated carbocycles. The molecular weight excluding hydrogens is 468 g/mol. The number of aromatic nitrogens is 2. The Morgan fingerprint density at radius 3 is 2.54 bits per heavy atom. The number of aryl methyl sites for hydroxylation is 1. The maximum Gasteiger partial charge on any atom is 0.335 e. The second-order valence-electron chi connectivity index (χ2n) is 7.51. The number of benzene rings is 2. The minimum absolute atomic E-state index is 0.158. The van der Waals surface area contributed by atoms with Gasteiger partial charge in [-0.15, -0.1) is 0 Å². The summed E-state index contributed by atoms with van der Waals surface area (Å²) in [6, 6.07) is 13.5. The molecule has 4 aromatic rings. The summed E-state index contributed by atoms with van der Waals surface area (Å²) in [4.78, 5) is 45.1. The molecule has 178 valence electrons. The molecule has 2 heterocycles. The van der Waals surface area contributed by atoms with Crippen molar-refractivity contribution < 1.29 is 19.5 Å². The van der Waals surface area contributed by atoms with Crippen molar-refractivity contribution in [2.24, 2.45) is 0 Å². The lowest BCUT2D eigenvalue weighted by molar-refractivity contribution is 0.0696. The molecule has 0 aliphatic carbocycles. The van der Waals surface area contributed by atoms with Crippen molar-refractivity contribution in [2.75, 3.05) is 22.5 Å². The Morgan fingerprint density at radius 1 is 1.06 bits per heavy atom. The number of carbonyl (C=O) groups excluding carboxylic acids is 2.